The van der Waals surface area contributed by atoms with Gasteiger partial charge in [-0.05, 0) is 46.9 Å². The monoisotopic (exact) mass is 436 g/mol. The summed E-state index contributed by atoms with van der Waals surface area (Å²) in [5.74, 6) is -1.70. The zero-order valence-electron chi connectivity index (χ0n) is 18.6. The number of carbonyl (C=O) groups is 3. The molecular formula is C28H24N2O3. The Hall–Kier alpha value is -3.73. The molecule has 2 atom stereocenters. The maximum Gasteiger partial charge on any atom is 0.235 e. The van der Waals surface area contributed by atoms with Gasteiger partial charge >= 0.3 is 0 Å². The first-order valence-electron chi connectivity index (χ1n) is 11.3. The molecule has 3 aliphatic carbocycles. The van der Waals surface area contributed by atoms with Crippen molar-refractivity contribution in [3.63, 3.8) is 0 Å². The Labute approximate surface area is 192 Å². The highest BCUT2D eigenvalue weighted by Crippen LogP contribution is 2.60. The van der Waals surface area contributed by atoms with Crippen molar-refractivity contribution in [2.75, 3.05) is 11.6 Å². The van der Waals surface area contributed by atoms with Crippen LogP contribution in [0.4, 0.5) is 5.69 Å². The summed E-state index contributed by atoms with van der Waals surface area (Å²) in [5, 5.41) is 0. The number of imide groups is 1. The molecule has 1 aliphatic heterocycles. The molecule has 7 rings (SSSR count). The van der Waals surface area contributed by atoms with Crippen LogP contribution in [0.15, 0.2) is 72.8 Å². The number of carbonyl (C=O) groups excluding carboxylic acids is 3. The lowest BCUT2D eigenvalue weighted by Crippen LogP contribution is -2.44. The van der Waals surface area contributed by atoms with Crippen LogP contribution in [0.25, 0.3) is 0 Å². The van der Waals surface area contributed by atoms with Gasteiger partial charge in [0.05, 0.1) is 11.8 Å². The predicted octanol–water partition coefficient (Wildman–Crippen LogP) is 4.20. The van der Waals surface area contributed by atoms with Gasteiger partial charge < -0.3 is 0 Å². The fraction of sp³-hybridized carbons (Fsp3) is 0.250. The molecule has 2 bridgehead atoms. The molecule has 164 valence electrons. The third-order valence-corrected chi connectivity index (χ3v) is 7.52. The van der Waals surface area contributed by atoms with Gasteiger partial charge in [0.15, 0.2) is 0 Å². The standard InChI is InChI=1S/C28H24N2O3/c1-16-8-7-9-18(14-16)29(17(2)31)15-30-27(32)25-23-19-10-3-4-11-20(19)24(26(25)28(30)33)22-13-6-5-12-21(22)23/h3-14,23-26H,15H2,1-2H3/t23?,24?,25-,26+. The number of benzene rings is 3. The minimum atomic E-state index is -0.432. The van der Waals surface area contributed by atoms with Crippen LogP contribution in [0.2, 0.25) is 0 Å². The summed E-state index contributed by atoms with van der Waals surface area (Å²) in [4.78, 5) is 42.9. The number of amides is 3. The fourth-order valence-electron chi connectivity index (χ4n) is 6.18. The average Bonchev–Trinajstić information content (AvgIpc) is 3.07. The van der Waals surface area contributed by atoms with Gasteiger partial charge in [0, 0.05) is 24.4 Å². The fourth-order valence-corrected chi connectivity index (χ4v) is 6.18. The summed E-state index contributed by atoms with van der Waals surface area (Å²) in [7, 11) is 0. The Morgan fingerprint density at radius 3 is 1.70 bits per heavy atom. The quantitative estimate of drug-likeness (QED) is 0.579. The summed E-state index contributed by atoms with van der Waals surface area (Å²) in [6.07, 6.45) is 0. The lowest BCUT2D eigenvalue weighted by atomic mass is 9.55. The largest absolute Gasteiger partial charge is 0.294 e. The van der Waals surface area contributed by atoms with E-state index in [9.17, 15) is 14.4 Å². The smallest absolute Gasteiger partial charge is 0.235 e. The lowest BCUT2D eigenvalue weighted by Gasteiger charge is -2.45. The Balaban J connectivity index is 1.43. The number of hydrogen-bond donors (Lipinski definition) is 0. The van der Waals surface area contributed by atoms with Crippen molar-refractivity contribution in [2.24, 2.45) is 11.8 Å². The normalized spacial score (nSPS) is 24.4. The van der Waals surface area contributed by atoms with Crippen molar-refractivity contribution >= 4 is 23.4 Å². The average molecular weight is 437 g/mol. The first-order chi connectivity index (χ1) is 16.0. The SMILES string of the molecule is CC(=O)N(CN1C(=O)[C@@H]2C3c4ccccc4C(c4ccccc43)[C@@H]2C1=O)c1cccc(C)c1. The Kier molecular flexibility index (Phi) is 4.31. The molecule has 3 aromatic carbocycles. The van der Waals surface area contributed by atoms with Crippen molar-refractivity contribution in [1.82, 2.24) is 4.90 Å². The van der Waals surface area contributed by atoms with Gasteiger partial charge in [-0.3, -0.25) is 24.2 Å². The summed E-state index contributed by atoms with van der Waals surface area (Å²) >= 11 is 0. The van der Waals surface area contributed by atoms with Crippen molar-refractivity contribution in [2.45, 2.75) is 25.7 Å². The molecule has 1 saturated heterocycles. The molecule has 1 heterocycles. The topological polar surface area (TPSA) is 57.7 Å². The molecule has 5 nitrogen and oxygen atoms in total. The lowest BCUT2D eigenvalue weighted by molar-refractivity contribution is -0.140. The second kappa shape index (κ2) is 7.14. The second-order valence-electron chi connectivity index (χ2n) is 9.30. The number of nitrogens with zero attached hydrogens (tertiary/aromatic N) is 2. The molecule has 0 saturated carbocycles. The van der Waals surface area contributed by atoms with Gasteiger partial charge in [0.1, 0.15) is 6.67 Å². The van der Waals surface area contributed by atoms with Crippen molar-refractivity contribution in [3.8, 4) is 0 Å². The van der Waals surface area contributed by atoms with Crippen LogP contribution in [0.5, 0.6) is 0 Å². The molecule has 0 aromatic heterocycles. The minimum Gasteiger partial charge on any atom is -0.294 e. The maximum absolute atomic E-state index is 13.8. The first-order valence-corrected chi connectivity index (χ1v) is 11.3. The van der Waals surface area contributed by atoms with Gasteiger partial charge in [0.25, 0.3) is 0 Å². The maximum atomic E-state index is 13.8. The summed E-state index contributed by atoms with van der Waals surface area (Å²) in [5.41, 5.74) is 6.28. The highest BCUT2D eigenvalue weighted by molar-refractivity contribution is 6.08. The van der Waals surface area contributed by atoms with Crippen molar-refractivity contribution < 1.29 is 14.4 Å². The molecule has 0 unspecified atom stereocenters. The van der Waals surface area contributed by atoms with E-state index >= 15 is 0 Å². The molecule has 5 heteroatoms. The van der Waals surface area contributed by atoms with Crippen LogP contribution in [-0.4, -0.2) is 29.3 Å². The number of hydrogen-bond acceptors (Lipinski definition) is 3. The first kappa shape index (κ1) is 19.9. The third kappa shape index (κ3) is 2.75. The Morgan fingerprint density at radius 2 is 1.27 bits per heavy atom. The van der Waals surface area contributed by atoms with Gasteiger partial charge in [-0.25, -0.2) is 0 Å². The summed E-state index contributed by atoms with van der Waals surface area (Å²) in [6, 6.07) is 23.9. The zero-order chi connectivity index (χ0) is 22.9. The van der Waals surface area contributed by atoms with E-state index in [1.54, 1.807) is 0 Å². The highest BCUT2D eigenvalue weighted by Gasteiger charge is 2.61. The Bertz CT molecular complexity index is 1210. The number of likely N-dealkylation sites (tertiary alicyclic amines) is 1. The van der Waals surface area contributed by atoms with E-state index in [1.807, 2.05) is 55.5 Å². The van der Waals surface area contributed by atoms with E-state index in [2.05, 4.69) is 24.3 Å². The molecule has 0 radical (unpaired) electrons. The van der Waals surface area contributed by atoms with Crippen LogP contribution in [-0.2, 0) is 14.4 Å². The molecule has 0 N–H and O–H groups in total. The summed E-state index contributed by atoms with van der Waals surface area (Å²) in [6.45, 7) is 3.36. The number of anilines is 1. The number of rotatable bonds is 3. The molecule has 3 aromatic rings. The molecule has 3 amide bonds. The van der Waals surface area contributed by atoms with E-state index in [4.69, 9.17) is 0 Å². The van der Waals surface area contributed by atoms with Gasteiger partial charge in [-0.15, -0.1) is 0 Å². The molecule has 1 fully saturated rings. The van der Waals surface area contributed by atoms with Crippen molar-refractivity contribution in [1.29, 1.82) is 0 Å². The van der Waals surface area contributed by atoms with Crippen molar-refractivity contribution in [3.05, 3.63) is 101 Å². The highest BCUT2D eigenvalue weighted by atomic mass is 16.2. The zero-order valence-corrected chi connectivity index (χ0v) is 18.6. The van der Waals surface area contributed by atoms with Crippen LogP contribution >= 0.6 is 0 Å². The van der Waals surface area contributed by atoms with Crippen LogP contribution in [0, 0.1) is 18.8 Å². The molecular weight excluding hydrogens is 412 g/mol. The van der Waals surface area contributed by atoms with E-state index in [0.29, 0.717) is 5.69 Å². The molecule has 0 spiro atoms. The molecule has 4 aliphatic rings. The van der Waals surface area contributed by atoms with Crippen LogP contribution < -0.4 is 4.90 Å². The van der Waals surface area contributed by atoms with Crippen LogP contribution in [0.3, 0.4) is 0 Å². The summed E-state index contributed by atoms with van der Waals surface area (Å²) < 4.78 is 0. The van der Waals surface area contributed by atoms with E-state index in [-0.39, 0.29) is 36.2 Å². The Morgan fingerprint density at radius 1 is 0.788 bits per heavy atom. The van der Waals surface area contributed by atoms with E-state index in [1.165, 1.54) is 16.7 Å². The molecule has 33 heavy (non-hydrogen) atoms. The third-order valence-electron chi connectivity index (χ3n) is 7.52. The minimum absolute atomic E-state index is 0.0599. The van der Waals surface area contributed by atoms with Gasteiger partial charge in [0.2, 0.25) is 17.7 Å². The number of aryl methyl sites for hydroxylation is 1. The van der Waals surface area contributed by atoms with Gasteiger partial charge in [-0.1, -0.05) is 60.7 Å². The van der Waals surface area contributed by atoms with Gasteiger partial charge in [-0.2, -0.15) is 0 Å². The van der Waals surface area contributed by atoms with E-state index < -0.39 is 11.8 Å². The predicted molar refractivity (Wildman–Crippen MR) is 125 cm³/mol. The van der Waals surface area contributed by atoms with Crippen LogP contribution in [0.1, 0.15) is 46.6 Å². The second-order valence-corrected chi connectivity index (χ2v) is 9.30. The van der Waals surface area contributed by atoms with E-state index in [0.717, 1.165) is 27.8 Å².